The Hall–Kier alpha value is -1.16. The van der Waals surface area contributed by atoms with Crippen molar-refractivity contribution in [3.63, 3.8) is 0 Å². The van der Waals surface area contributed by atoms with Crippen molar-refractivity contribution in [3.05, 3.63) is 30.5 Å². The van der Waals surface area contributed by atoms with Gasteiger partial charge in [-0.1, -0.05) is 40.2 Å². The Kier molecular flexibility index (Phi) is 2.97. The standard InChI is InChI=1S/C13H14BrN3/c14-11-5-3-7-17(9-11)13-12-6-2-1-4-10(12)8-15-16-13/h1-2,4,6,8,11H,3,5,7,9H2. The fourth-order valence-corrected chi connectivity index (χ4v) is 3.04. The summed E-state index contributed by atoms with van der Waals surface area (Å²) in [6.45, 7) is 2.09. The molecule has 1 aliphatic rings. The van der Waals surface area contributed by atoms with Gasteiger partial charge >= 0.3 is 0 Å². The van der Waals surface area contributed by atoms with Gasteiger partial charge in [0, 0.05) is 28.7 Å². The number of hydrogen-bond acceptors (Lipinski definition) is 3. The molecule has 0 spiro atoms. The van der Waals surface area contributed by atoms with E-state index in [2.05, 4.69) is 49.2 Å². The Morgan fingerprint density at radius 1 is 1.29 bits per heavy atom. The monoisotopic (exact) mass is 291 g/mol. The predicted molar refractivity (Wildman–Crippen MR) is 73.7 cm³/mol. The van der Waals surface area contributed by atoms with E-state index in [1.165, 1.54) is 18.2 Å². The molecule has 0 amide bonds. The van der Waals surface area contributed by atoms with E-state index in [1.54, 1.807) is 0 Å². The molecule has 1 fully saturated rings. The van der Waals surface area contributed by atoms with E-state index in [0.717, 1.165) is 24.3 Å². The molecule has 3 nitrogen and oxygen atoms in total. The first-order valence-corrected chi connectivity index (χ1v) is 6.85. The summed E-state index contributed by atoms with van der Waals surface area (Å²) < 4.78 is 0. The molecule has 88 valence electrons. The van der Waals surface area contributed by atoms with Gasteiger partial charge in [-0.2, -0.15) is 5.10 Å². The third-order valence-corrected chi connectivity index (χ3v) is 3.96. The van der Waals surface area contributed by atoms with Crippen LogP contribution in [0.2, 0.25) is 0 Å². The third-order valence-electron chi connectivity index (χ3n) is 3.21. The topological polar surface area (TPSA) is 29.0 Å². The Morgan fingerprint density at radius 2 is 2.18 bits per heavy atom. The number of anilines is 1. The molecule has 2 aromatic rings. The molecule has 1 saturated heterocycles. The maximum absolute atomic E-state index is 4.32. The molecule has 0 aliphatic carbocycles. The number of halogens is 1. The van der Waals surface area contributed by atoms with E-state index in [0.29, 0.717) is 4.83 Å². The molecule has 2 heterocycles. The zero-order valence-corrected chi connectivity index (χ0v) is 11.1. The van der Waals surface area contributed by atoms with Crippen LogP contribution in [0.1, 0.15) is 12.8 Å². The van der Waals surface area contributed by atoms with Gasteiger partial charge in [-0.05, 0) is 12.8 Å². The lowest BCUT2D eigenvalue weighted by Gasteiger charge is -2.31. The zero-order chi connectivity index (χ0) is 11.7. The molecule has 17 heavy (non-hydrogen) atoms. The molecular weight excluding hydrogens is 278 g/mol. The van der Waals surface area contributed by atoms with Crippen LogP contribution in [0.15, 0.2) is 30.5 Å². The highest BCUT2D eigenvalue weighted by atomic mass is 79.9. The van der Waals surface area contributed by atoms with Crippen molar-refractivity contribution in [1.82, 2.24) is 10.2 Å². The van der Waals surface area contributed by atoms with Crippen LogP contribution in [0.5, 0.6) is 0 Å². The minimum Gasteiger partial charge on any atom is -0.353 e. The maximum atomic E-state index is 4.32. The van der Waals surface area contributed by atoms with E-state index in [-0.39, 0.29) is 0 Å². The predicted octanol–water partition coefficient (Wildman–Crippen LogP) is 2.99. The van der Waals surface area contributed by atoms with Crippen molar-refractivity contribution in [2.24, 2.45) is 0 Å². The first-order valence-electron chi connectivity index (χ1n) is 5.94. The fourth-order valence-electron chi connectivity index (χ4n) is 2.36. The SMILES string of the molecule is BrC1CCCN(c2nncc3ccccc23)C1. The van der Waals surface area contributed by atoms with Gasteiger partial charge in [-0.3, -0.25) is 0 Å². The molecule has 0 radical (unpaired) electrons. The molecule has 0 saturated carbocycles. The largest absolute Gasteiger partial charge is 0.353 e. The lowest BCUT2D eigenvalue weighted by atomic mass is 10.1. The minimum absolute atomic E-state index is 0.567. The summed E-state index contributed by atoms with van der Waals surface area (Å²) >= 11 is 3.70. The quantitative estimate of drug-likeness (QED) is 0.757. The molecule has 3 rings (SSSR count). The molecule has 1 aromatic carbocycles. The maximum Gasteiger partial charge on any atom is 0.159 e. The second-order valence-electron chi connectivity index (χ2n) is 4.44. The first kappa shape index (κ1) is 11.0. The molecule has 1 unspecified atom stereocenters. The molecule has 1 aromatic heterocycles. The smallest absolute Gasteiger partial charge is 0.159 e. The minimum atomic E-state index is 0.567. The number of alkyl halides is 1. The third kappa shape index (κ3) is 2.14. The summed E-state index contributed by atoms with van der Waals surface area (Å²) in [7, 11) is 0. The van der Waals surface area contributed by atoms with E-state index >= 15 is 0 Å². The fraction of sp³-hybridized carbons (Fsp3) is 0.385. The van der Waals surface area contributed by atoms with Crippen LogP contribution in [-0.4, -0.2) is 28.1 Å². The Morgan fingerprint density at radius 3 is 3.06 bits per heavy atom. The van der Waals surface area contributed by atoms with Crippen LogP contribution in [0, 0.1) is 0 Å². The Balaban J connectivity index is 2.04. The summed E-state index contributed by atoms with van der Waals surface area (Å²) in [5.41, 5.74) is 0. The van der Waals surface area contributed by atoms with Crippen molar-refractivity contribution in [3.8, 4) is 0 Å². The molecule has 0 bridgehead atoms. The highest BCUT2D eigenvalue weighted by Crippen LogP contribution is 2.27. The van der Waals surface area contributed by atoms with Crippen molar-refractivity contribution in [2.75, 3.05) is 18.0 Å². The van der Waals surface area contributed by atoms with Gasteiger partial charge in [0.1, 0.15) is 0 Å². The summed E-state index contributed by atoms with van der Waals surface area (Å²) in [6, 6.07) is 8.31. The molecule has 0 N–H and O–H groups in total. The molecule has 1 aliphatic heterocycles. The van der Waals surface area contributed by atoms with Crippen LogP contribution < -0.4 is 4.90 Å². The van der Waals surface area contributed by atoms with Crippen LogP contribution in [-0.2, 0) is 0 Å². The van der Waals surface area contributed by atoms with E-state index in [9.17, 15) is 0 Å². The van der Waals surface area contributed by atoms with Crippen LogP contribution >= 0.6 is 15.9 Å². The highest BCUT2D eigenvalue weighted by Gasteiger charge is 2.20. The number of piperidine rings is 1. The van der Waals surface area contributed by atoms with E-state index in [1.807, 2.05) is 12.3 Å². The summed E-state index contributed by atoms with van der Waals surface area (Å²) in [5.74, 6) is 1.02. The van der Waals surface area contributed by atoms with Crippen LogP contribution in [0.4, 0.5) is 5.82 Å². The average Bonchev–Trinajstić information content (AvgIpc) is 2.38. The second kappa shape index (κ2) is 4.61. The molecule has 1 atom stereocenters. The lowest BCUT2D eigenvalue weighted by molar-refractivity contribution is 0.590. The van der Waals surface area contributed by atoms with Crippen molar-refractivity contribution < 1.29 is 0 Å². The van der Waals surface area contributed by atoms with Gasteiger partial charge in [0.15, 0.2) is 5.82 Å². The average molecular weight is 292 g/mol. The van der Waals surface area contributed by atoms with Gasteiger partial charge in [-0.15, -0.1) is 5.10 Å². The molecular formula is C13H14BrN3. The van der Waals surface area contributed by atoms with Gasteiger partial charge in [0.05, 0.1) is 6.20 Å². The highest BCUT2D eigenvalue weighted by molar-refractivity contribution is 9.09. The number of aromatic nitrogens is 2. The number of fused-ring (bicyclic) bond motifs is 1. The second-order valence-corrected chi connectivity index (χ2v) is 5.74. The van der Waals surface area contributed by atoms with Crippen LogP contribution in [0.25, 0.3) is 10.8 Å². The first-order chi connectivity index (χ1) is 8.34. The lowest BCUT2D eigenvalue weighted by Crippen LogP contribution is -2.36. The summed E-state index contributed by atoms with van der Waals surface area (Å²) in [4.78, 5) is 2.90. The van der Waals surface area contributed by atoms with Gasteiger partial charge in [-0.25, -0.2) is 0 Å². The van der Waals surface area contributed by atoms with Gasteiger partial charge in [0.25, 0.3) is 0 Å². The van der Waals surface area contributed by atoms with Crippen molar-refractivity contribution in [1.29, 1.82) is 0 Å². The number of benzene rings is 1. The van der Waals surface area contributed by atoms with E-state index < -0.39 is 0 Å². The number of hydrogen-bond donors (Lipinski definition) is 0. The summed E-state index contributed by atoms with van der Waals surface area (Å²) in [6.07, 6.45) is 4.28. The van der Waals surface area contributed by atoms with Crippen LogP contribution in [0.3, 0.4) is 0 Å². The molecule has 4 heteroatoms. The van der Waals surface area contributed by atoms with Gasteiger partial charge < -0.3 is 4.90 Å². The Labute approximate surface area is 109 Å². The zero-order valence-electron chi connectivity index (χ0n) is 9.51. The Bertz CT molecular complexity index is 524. The number of nitrogens with zero attached hydrogens (tertiary/aromatic N) is 3. The summed E-state index contributed by atoms with van der Waals surface area (Å²) in [5, 5.41) is 10.8. The van der Waals surface area contributed by atoms with Crippen molar-refractivity contribution in [2.45, 2.75) is 17.7 Å². The number of rotatable bonds is 1. The van der Waals surface area contributed by atoms with Gasteiger partial charge in [0.2, 0.25) is 0 Å². The van der Waals surface area contributed by atoms with Crippen molar-refractivity contribution >= 4 is 32.5 Å². The van der Waals surface area contributed by atoms with E-state index in [4.69, 9.17) is 0 Å². The normalized spacial score (nSPS) is 20.8.